The highest BCUT2D eigenvalue weighted by molar-refractivity contribution is 6.09. The predicted molar refractivity (Wildman–Crippen MR) is 104 cm³/mol. The molecule has 0 saturated carbocycles. The number of halogens is 2. The van der Waals surface area contributed by atoms with Crippen LogP contribution in [0.2, 0.25) is 0 Å². The van der Waals surface area contributed by atoms with Gasteiger partial charge in [0.2, 0.25) is 0 Å². The van der Waals surface area contributed by atoms with Crippen LogP contribution in [-0.4, -0.2) is 30.8 Å². The van der Waals surface area contributed by atoms with Gasteiger partial charge in [-0.3, -0.25) is 9.59 Å². The molecular weight excluding hydrogens is 394 g/mol. The molecule has 0 fully saturated rings. The first-order valence-corrected chi connectivity index (χ1v) is 8.89. The maximum atomic E-state index is 12.4. The molecule has 0 bridgehead atoms. The third-order valence-corrected chi connectivity index (χ3v) is 4.15. The van der Waals surface area contributed by atoms with Crippen LogP contribution in [0.15, 0.2) is 78.9 Å². The summed E-state index contributed by atoms with van der Waals surface area (Å²) in [6.45, 7) is -3.47. The molecule has 0 radical (unpaired) electrons. The minimum absolute atomic E-state index is 0.0799. The van der Waals surface area contributed by atoms with Gasteiger partial charge in [-0.25, -0.2) is 4.79 Å². The summed E-state index contributed by atoms with van der Waals surface area (Å²) in [4.78, 5) is 36.6. The van der Waals surface area contributed by atoms with Crippen LogP contribution in [0.4, 0.5) is 8.78 Å². The van der Waals surface area contributed by atoms with Crippen LogP contribution in [0.25, 0.3) is 0 Å². The van der Waals surface area contributed by atoms with E-state index in [0.717, 1.165) is 0 Å². The lowest BCUT2D eigenvalue weighted by Crippen LogP contribution is -2.14. The van der Waals surface area contributed by atoms with Gasteiger partial charge in [-0.2, -0.15) is 8.78 Å². The van der Waals surface area contributed by atoms with Crippen LogP contribution >= 0.6 is 0 Å². The van der Waals surface area contributed by atoms with Gasteiger partial charge in [0, 0.05) is 16.7 Å². The second-order valence-electron chi connectivity index (χ2n) is 6.17. The van der Waals surface area contributed by atoms with Gasteiger partial charge in [-0.05, 0) is 36.4 Å². The standard InChI is InChI=1S/C23H16F2O5/c24-23(25)30-19-12-10-15(11-13-19)20(26)14-29-22(28)18-8-6-17(7-9-18)21(27)16-4-2-1-3-5-16/h1-13,23H,14H2. The van der Waals surface area contributed by atoms with E-state index in [2.05, 4.69) is 4.74 Å². The Morgan fingerprint density at radius 1 is 0.700 bits per heavy atom. The van der Waals surface area contributed by atoms with Gasteiger partial charge in [0.1, 0.15) is 5.75 Å². The van der Waals surface area contributed by atoms with E-state index in [9.17, 15) is 23.2 Å². The normalized spacial score (nSPS) is 10.5. The summed E-state index contributed by atoms with van der Waals surface area (Å²) in [5.41, 5.74) is 1.32. The molecule has 0 aliphatic rings. The van der Waals surface area contributed by atoms with Crippen LogP contribution in [0.1, 0.15) is 36.6 Å². The molecule has 0 N–H and O–H groups in total. The van der Waals surface area contributed by atoms with Crippen molar-refractivity contribution in [1.29, 1.82) is 0 Å². The quantitative estimate of drug-likeness (QED) is 0.402. The molecular formula is C23H16F2O5. The van der Waals surface area contributed by atoms with Crippen molar-refractivity contribution < 1.29 is 32.6 Å². The first-order chi connectivity index (χ1) is 14.4. The molecule has 0 atom stereocenters. The summed E-state index contributed by atoms with van der Waals surface area (Å²) in [7, 11) is 0. The highest BCUT2D eigenvalue weighted by Crippen LogP contribution is 2.16. The topological polar surface area (TPSA) is 69.7 Å². The molecule has 0 heterocycles. The third-order valence-electron chi connectivity index (χ3n) is 4.15. The van der Waals surface area contributed by atoms with Gasteiger partial charge in [-0.15, -0.1) is 0 Å². The highest BCUT2D eigenvalue weighted by atomic mass is 19.3. The number of hydrogen-bond donors (Lipinski definition) is 0. The van der Waals surface area contributed by atoms with E-state index in [1.807, 2.05) is 6.07 Å². The summed E-state index contributed by atoms with van der Waals surface area (Å²) in [6.07, 6.45) is 0. The Hall–Kier alpha value is -3.87. The molecule has 0 aromatic heterocycles. The highest BCUT2D eigenvalue weighted by Gasteiger charge is 2.14. The Morgan fingerprint density at radius 3 is 1.83 bits per heavy atom. The second kappa shape index (κ2) is 9.56. The van der Waals surface area contributed by atoms with Crippen molar-refractivity contribution in [3.05, 3.63) is 101 Å². The van der Waals surface area contributed by atoms with E-state index >= 15 is 0 Å². The largest absolute Gasteiger partial charge is 0.454 e. The Balaban J connectivity index is 1.57. The Morgan fingerprint density at radius 2 is 1.23 bits per heavy atom. The number of benzene rings is 3. The summed E-state index contributed by atoms with van der Waals surface area (Å²) in [6, 6.07) is 19.7. The number of esters is 1. The molecule has 152 valence electrons. The van der Waals surface area contributed by atoms with Crippen LogP contribution in [0.5, 0.6) is 5.75 Å². The lowest BCUT2D eigenvalue weighted by atomic mass is 10.0. The number of ketones is 2. The molecule has 3 rings (SSSR count). The van der Waals surface area contributed by atoms with Gasteiger partial charge in [-0.1, -0.05) is 42.5 Å². The van der Waals surface area contributed by atoms with Crippen molar-refractivity contribution in [2.45, 2.75) is 6.61 Å². The molecule has 0 unspecified atom stereocenters. The summed E-state index contributed by atoms with van der Waals surface area (Å²) in [5.74, 6) is -1.48. The molecule has 3 aromatic rings. The van der Waals surface area contributed by atoms with Crippen molar-refractivity contribution in [3.63, 3.8) is 0 Å². The zero-order chi connectivity index (χ0) is 21.5. The van der Waals surface area contributed by atoms with Crippen molar-refractivity contribution in [3.8, 4) is 5.75 Å². The fourth-order valence-corrected chi connectivity index (χ4v) is 2.63. The molecule has 0 saturated heterocycles. The minimum Gasteiger partial charge on any atom is -0.454 e. The zero-order valence-corrected chi connectivity index (χ0v) is 15.6. The maximum absolute atomic E-state index is 12.4. The van der Waals surface area contributed by atoms with Crippen molar-refractivity contribution in [2.75, 3.05) is 6.61 Å². The van der Waals surface area contributed by atoms with E-state index in [-0.39, 0.29) is 22.7 Å². The van der Waals surface area contributed by atoms with Crippen LogP contribution in [-0.2, 0) is 4.74 Å². The summed E-state index contributed by atoms with van der Waals surface area (Å²) < 4.78 is 33.5. The lowest BCUT2D eigenvalue weighted by molar-refractivity contribution is -0.0498. The molecule has 0 spiro atoms. The van der Waals surface area contributed by atoms with Crippen molar-refractivity contribution in [2.24, 2.45) is 0 Å². The van der Waals surface area contributed by atoms with Crippen molar-refractivity contribution in [1.82, 2.24) is 0 Å². The Kier molecular flexibility index (Phi) is 6.64. The first kappa shape index (κ1) is 20.9. The number of rotatable bonds is 8. The van der Waals surface area contributed by atoms with Crippen LogP contribution in [0.3, 0.4) is 0 Å². The number of hydrogen-bond acceptors (Lipinski definition) is 5. The van der Waals surface area contributed by atoms with E-state index < -0.39 is 25.0 Å². The van der Waals surface area contributed by atoms with Gasteiger partial charge in [0.25, 0.3) is 0 Å². The molecule has 30 heavy (non-hydrogen) atoms. The van der Waals surface area contributed by atoms with E-state index in [4.69, 9.17) is 4.74 Å². The van der Waals surface area contributed by atoms with Gasteiger partial charge in [0.15, 0.2) is 18.2 Å². The summed E-state index contributed by atoms with van der Waals surface area (Å²) in [5, 5.41) is 0. The third kappa shape index (κ3) is 5.35. The number of carbonyl (C=O) groups is 3. The van der Waals surface area contributed by atoms with Crippen LogP contribution in [0, 0.1) is 0 Å². The monoisotopic (exact) mass is 410 g/mol. The van der Waals surface area contributed by atoms with Crippen LogP contribution < -0.4 is 4.74 Å². The first-order valence-electron chi connectivity index (χ1n) is 8.89. The molecule has 5 nitrogen and oxygen atoms in total. The molecule has 0 aliphatic heterocycles. The molecule has 7 heteroatoms. The lowest BCUT2D eigenvalue weighted by Gasteiger charge is -2.07. The van der Waals surface area contributed by atoms with E-state index in [1.54, 1.807) is 24.3 Å². The zero-order valence-electron chi connectivity index (χ0n) is 15.6. The number of Topliss-reactive ketones (excluding diaryl/α,β-unsaturated/α-hetero) is 1. The molecule has 3 aromatic carbocycles. The van der Waals surface area contributed by atoms with E-state index in [1.165, 1.54) is 48.5 Å². The summed E-state index contributed by atoms with van der Waals surface area (Å²) >= 11 is 0. The SMILES string of the molecule is O=C(COC(=O)c1ccc(C(=O)c2ccccc2)cc1)c1ccc(OC(F)F)cc1. The number of carbonyl (C=O) groups excluding carboxylic acids is 3. The average Bonchev–Trinajstić information content (AvgIpc) is 2.77. The van der Waals surface area contributed by atoms with Gasteiger partial charge in [0.05, 0.1) is 5.56 Å². The van der Waals surface area contributed by atoms with Crippen molar-refractivity contribution >= 4 is 17.5 Å². The predicted octanol–water partition coefficient (Wildman–Crippen LogP) is 4.56. The van der Waals surface area contributed by atoms with Gasteiger partial charge >= 0.3 is 12.6 Å². The average molecular weight is 410 g/mol. The minimum atomic E-state index is -2.96. The molecule has 0 aliphatic carbocycles. The fourth-order valence-electron chi connectivity index (χ4n) is 2.63. The number of alkyl halides is 2. The second-order valence-corrected chi connectivity index (χ2v) is 6.17. The molecule has 0 amide bonds. The van der Waals surface area contributed by atoms with E-state index in [0.29, 0.717) is 11.1 Å². The number of ether oxygens (including phenoxy) is 2. The Labute approximate surface area is 170 Å². The maximum Gasteiger partial charge on any atom is 0.387 e. The van der Waals surface area contributed by atoms with Gasteiger partial charge < -0.3 is 9.47 Å². The Bertz CT molecular complexity index is 1030. The smallest absolute Gasteiger partial charge is 0.387 e. The fraction of sp³-hybridized carbons (Fsp3) is 0.0870.